The molecule has 110 valence electrons. The van der Waals surface area contributed by atoms with Gasteiger partial charge in [-0.3, -0.25) is 4.79 Å². The Hall–Kier alpha value is -1.76. The average Bonchev–Trinajstić information content (AvgIpc) is 2.52. The Labute approximate surface area is 137 Å². The Bertz CT molecular complexity index is 618. The zero-order chi connectivity index (χ0) is 15.2. The summed E-state index contributed by atoms with van der Waals surface area (Å²) in [6, 6.07) is 12.6. The highest BCUT2D eigenvalue weighted by molar-refractivity contribution is 14.1. The Kier molecular flexibility index (Phi) is 5.44. The molecule has 0 bridgehead atoms. The first-order valence-corrected chi connectivity index (χ1v) is 7.35. The highest BCUT2D eigenvalue weighted by Gasteiger charge is 2.11. The van der Waals surface area contributed by atoms with Crippen LogP contribution in [0, 0.1) is 3.57 Å². The molecule has 0 aliphatic rings. The second-order valence-corrected chi connectivity index (χ2v) is 5.40. The Morgan fingerprint density at radius 2 is 1.57 bits per heavy atom. The van der Waals surface area contributed by atoms with Crippen LogP contribution in [0.2, 0.25) is 0 Å². The summed E-state index contributed by atoms with van der Waals surface area (Å²) in [7, 11) is 3.13. The number of hydrogen-bond acceptors (Lipinski definition) is 4. The number of ketones is 1. The van der Waals surface area contributed by atoms with E-state index in [1.54, 1.807) is 38.5 Å². The van der Waals surface area contributed by atoms with Gasteiger partial charge in [-0.2, -0.15) is 0 Å². The van der Waals surface area contributed by atoms with Crippen molar-refractivity contribution < 1.29 is 19.0 Å². The van der Waals surface area contributed by atoms with Gasteiger partial charge >= 0.3 is 0 Å². The monoisotopic (exact) mass is 398 g/mol. The van der Waals surface area contributed by atoms with Crippen LogP contribution in [0.25, 0.3) is 0 Å². The summed E-state index contributed by atoms with van der Waals surface area (Å²) in [5.41, 5.74) is 0.660. The lowest BCUT2D eigenvalue weighted by Crippen LogP contribution is -2.13. The summed E-state index contributed by atoms with van der Waals surface area (Å²) in [6.07, 6.45) is 0. The Morgan fingerprint density at radius 1 is 1.00 bits per heavy atom. The van der Waals surface area contributed by atoms with Crippen LogP contribution in [0.5, 0.6) is 17.2 Å². The molecule has 0 saturated carbocycles. The van der Waals surface area contributed by atoms with E-state index in [0.717, 1.165) is 3.57 Å². The Morgan fingerprint density at radius 3 is 2.14 bits per heavy atom. The van der Waals surface area contributed by atoms with Gasteiger partial charge in [-0.05, 0) is 28.7 Å². The van der Waals surface area contributed by atoms with E-state index in [9.17, 15) is 4.79 Å². The van der Waals surface area contributed by atoms with Gasteiger partial charge in [-0.1, -0.05) is 18.2 Å². The first-order valence-electron chi connectivity index (χ1n) is 6.27. The number of benzene rings is 2. The SMILES string of the molecule is COc1cc(OC)cc(OCC(=O)c2ccccc2I)c1. The number of halogens is 1. The van der Waals surface area contributed by atoms with Crippen molar-refractivity contribution in [2.45, 2.75) is 0 Å². The van der Waals surface area contributed by atoms with Crippen molar-refractivity contribution in [3.63, 3.8) is 0 Å². The second kappa shape index (κ2) is 7.31. The minimum Gasteiger partial charge on any atom is -0.496 e. The molecule has 0 saturated heterocycles. The maximum atomic E-state index is 12.2. The maximum Gasteiger partial charge on any atom is 0.201 e. The van der Waals surface area contributed by atoms with Crippen LogP contribution in [-0.2, 0) is 0 Å². The standard InChI is InChI=1S/C16H15IO4/c1-19-11-7-12(20-2)9-13(8-11)21-10-16(18)14-5-3-4-6-15(14)17/h3-9H,10H2,1-2H3. The van der Waals surface area contributed by atoms with Crippen molar-refractivity contribution in [3.05, 3.63) is 51.6 Å². The highest BCUT2D eigenvalue weighted by atomic mass is 127. The number of carbonyl (C=O) groups excluding carboxylic acids is 1. The summed E-state index contributed by atoms with van der Waals surface area (Å²) in [6.45, 7) is -0.0314. The van der Waals surface area contributed by atoms with Gasteiger partial charge in [0.1, 0.15) is 17.2 Å². The molecule has 4 nitrogen and oxygen atoms in total. The quantitative estimate of drug-likeness (QED) is 0.552. The smallest absolute Gasteiger partial charge is 0.201 e. The van der Waals surface area contributed by atoms with Gasteiger partial charge in [0.05, 0.1) is 14.2 Å². The van der Waals surface area contributed by atoms with E-state index in [1.807, 2.05) is 18.2 Å². The average molecular weight is 398 g/mol. The van der Waals surface area contributed by atoms with Gasteiger partial charge in [0, 0.05) is 27.3 Å². The number of rotatable bonds is 6. The third-order valence-corrected chi connectivity index (χ3v) is 3.81. The predicted octanol–water partition coefficient (Wildman–Crippen LogP) is 3.57. The molecule has 5 heteroatoms. The highest BCUT2D eigenvalue weighted by Crippen LogP contribution is 2.27. The van der Waals surface area contributed by atoms with Crippen molar-refractivity contribution in [1.29, 1.82) is 0 Å². The van der Waals surface area contributed by atoms with Crippen molar-refractivity contribution in [3.8, 4) is 17.2 Å². The van der Waals surface area contributed by atoms with Crippen LogP contribution in [0.1, 0.15) is 10.4 Å². The maximum absolute atomic E-state index is 12.2. The number of methoxy groups -OCH3 is 2. The fraction of sp³-hybridized carbons (Fsp3) is 0.188. The summed E-state index contributed by atoms with van der Waals surface area (Å²) < 4.78 is 16.8. The van der Waals surface area contributed by atoms with E-state index < -0.39 is 0 Å². The number of hydrogen-bond donors (Lipinski definition) is 0. The van der Waals surface area contributed by atoms with Gasteiger partial charge in [0.2, 0.25) is 5.78 Å². The molecule has 0 heterocycles. The van der Waals surface area contributed by atoms with Crippen molar-refractivity contribution in [2.75, 3.05) is 20.8 Å². The molecule has 0 spiro atoms. The van der Waals surface area contributed by atoms with Crippen molar-refractivity contribution in [2.24, 2.45) is 0 Å². The third kappa shape index (κ3) is 4.10. The van der Waals surface area contributed by atoms with Crippen LogP contribution in [-0.4, -0.2) is 26.6 Å². The topological polar surface area (TPSA) is 44.8 Å². The lowest BCUT2D eigenvalue weighted by molar-refractivity contribution is 0.0920. The molecule has 0 aromatic heterocycles. The summed E-state index contributed by atoms with van der Waals surface area (Å²) in [5, 5.41) is 0. The van der Waals surface area contributed by atoms with Crippen LogP contribution in [0.3, 0.4) is 0 Å². The van der Waals surface area contributed by atoms with Crippen LogP contribution in [0.15, 0.2) is 42.5 Å². The normalized spacial score (nSPS) is 10.0. The molecule has 0 fully saturated rings. The second-order valence-electron chi connectivity index (χ2n) is 4.24. The molecular weight excluding hydrogens is 383 g/mol. The van der Waals surface area contributed by atoms with E-state index in [0.29, 0.717) is 22.8 Å². The molecule has 0 N–H and O–H groups in total. The zero-order valence-corrected chi connectivity index (χ0v) is 13.9. The number of Topliss-reactive ketones (excluding diaryl/α,β-unsaturated/α-hetero) is 1. The van der Waals surface area contributed by atoms with E-state index in [2.05, 4.69) is 22.6 Å². The van der Waals surface area contributed by atoms with Gasteiger partial charge in [0.25, 0.3) is 0 Å². The molecule has 0 atom stereocenters. The number of carbonyl (C=O) groups is 1. The predicted molar refractivity (Wildman–Crippen MR) is 88.5 cm³/mol. The first-order chi connectivity index (χ1) is 10.1. The summed E-state index contributed by atoms with van der Waals surface area (Å²) in [5.74, 6) is 1.70. The zero-order valence-electron chi connectivity index (χ0n) is 11.8. The van der Waals surface area contributed by atoms with E-state index in [1.165, 1.54) is 0 Å². The van der Waals surface area contributed by atoms with Gasteiger partial charge < -0.3 is 14.2 Å². The van der Waals surface area contributed by atoms with E-state index in [4.69, 9.17) is 14.2 Å². The minimum absolute atomic E-state index is 0.0314. The molecule has 2 aromatic carbocycles. The van der Waals surface area contributed by atoms with Gasteiger partial charge in [0.15, 0.2) is 6.61 Å². The molecule has 0 aliphatic heterocycles. The van der Waals surface area contributed by atoms with Crippen LogP contribution >= 0.6 is 22.6 Å². The lowest BCUT2D eigenvalue weighted by Gasteiger charge is -2.10. The summed E-state index contributed by atoms with van der Waals surface area (Å²) in [4.78, 5) is 12.2. The van der Waals surface area contributed by atoms with Gasteiger partial charge in [-0.25, -0.2) is 0 Å². The largest absolute Gasteiger partial charge is 0.496 e. The molecular formula is C16H15IO4. The molecule has 0 amide bonds. The molecule has 0 radical (unpaired) electrons. The molecule has 2 rings (SSSR count). The fourth-order valence-corrected chi connectivity index (χ4v) is 2.47. The number of ether oxygens (including phenoxy) is 3. The van der Waals surface area contributed by atoms with Gasteiger partial charge in [-0.15, -0.1) is 0 Å². The molecule has 21 heavy (non-hydrogen) atoms. The first kappa shape index (κ1) is 15.6. The lowest BCUT2D eigenvalue weighted by atomic mass is 10.1. The van der Waals surface area contributed by atoms with Crippen LogP contribution in [0.4, 0.5) is 0 Å². The van der Waals surface area contributed by atoms with Crippen molar-refractivity contribution in [1.82, 2.24) is 0 Å². The summed E-state index contributed by atoms with van der Waals surface area (Å²) >= 11 is 2.14. The van der Waals surface area contributed by atoms with Crippen LogP contribution < -0.4 is 14.2 Å². The van der Waals surface area contributed by atoms with E-state index >= 15 is 0 Å². The van der Waals surface area contributed by atoms with E-state index in [-0.39, 0.29) is 12.4 Å². The molecule has 0 unspecified atom stereocenters. The fourth-order valence-electron chi connectivity index (χ4n) is 1.78. The van der Waals surface area contributed by atoms with Crippen molar-refractivity contribution >= 4 is 28.4 Å². The Balaban J connectivity index is 2.09. The minimum atomic E-state index is -0.0678. The third-order valence-electron chi connectivity index (χ3n) is 2.87. The molecule has 2 aromatic rings. The molecule has 0 aliphatic carbocycles.